The van der Waals surface area contributed by atoms with Gasteiger partial charge in [-0.25, -0.2) is 0 Å². The highest BCUT2D eigenvalue weighted by atomic mass is 79.9. The number of hydrogen-bond donors (Lipinski definition) is 1. The zero-order valence-corrected chi connectivity index (χ0v) is 13.6. The third kappa shape index (κ3) is 3.81. The van der Waals surface area contributed by atoms with E-state index in [1.54, 1.807) is 13.0 Å². The number of amides is 1. The Morgan fingerprint density at radius 3 is 2.76 bits per heavy atom. The molecule has 0 heterocycles. The van der Waals surface area contributed by atoms with Crippen LogP contribution in [-0.2, 0) is 0 Å². The van der Waals surface area contributed by atoms with Crippen LogP contribution >= 0.6 is 15.9 Å². The molecule has 0 aliphatic heterocycles. The lowest BCUT2D eigenvalue weighted by molar-refractivity contribution is -0.385. The summed E-state index contributed by atoms with van der Waals surface area (Å²) >= 11 is 3.52. The largest absolute Gasteiger partial charge is 0.352 e. The van der Waals surface area contributed by atoms with Crippen LogP contribution in [0.5, 0.6) is 0 Å². The summed E-state index contributed by atoms with van der Waals surface area (Å²) in [6.45, 7) is 2.32. The van der Waals surface area contributed by atoms with Crippen molar-refractivity contribution >= 4 is 27.5 Å². The molecule has 1 aliphatic rings. The van der Waals surface area contributed by atoms with E-state index in [0.717, 1.165) is 11.8 Å². The van der Waals surface area contributed by atoms with Gasteiger partial charge in [-0.2, -0.15) is 0 Å². The molecule has 21 heavy (non-hydrogen) atoms. The lowest BCUT2D eigenvalue weighted by atomic mass is 9.98. The highest BCUT2D eigenvalue weighted by molar-refractivity contribution is 9.09. The lowest BCUT2D eigenvalue weighted by Crippen LogP contribution is -2.31. The number of halogens is 1. The van der Waals surface area contributed by atoms with Crippen LogP contribution in [0.25, 0.3) is 0 Å². The maximum atomic E-state index is 12.1. The average molecular weight is 355 g/mol. The van der Waals surface area contributed by atoms with Gasteiger partial charge in [0.25, 0.3) is 11.6 Å². The Hall–Kier alpha value is -1.43. The van der Waals surface area contributed by atoms with Crippen molar-refractivity contribution in [1.82, 2.24) is 5.32 Å². The molecule has 1 N–H and O–H groups in total. The van der Waals surface area contributed by atoms with Gasteiger partial charge >= 0.3 is 0 Å². The minimum absolute atomic E-state index is 0.0432. The molecular formula is C15H19BrN2O3. The molecule has 1 aliphatic carbocycles. The van der Waals surface area contributed by atoms with E-state index in [1.807, 2.05) is 0 Å². The topological polar surface area (TPSA) is 72.2 Å². The van der Waals surface area contributed by atoms with E-state index >= 15 is 0 Å². The molecule has 0 radical (unpaired) electrons. The van der Waals surface area contributed by atoms with Crippen molar-refractivity contribution < 1.29 is 9.72 Å². The average Bonchev–Trinajstić information content (AvgIpc) is 2.91. The Morgan fingerprint density at radius 1 is 1.43 bits per heavy atom. The maximum Gasteiger partial charge on any atom is 0.272 e. The van der Waals surface area contributed by atoms with Crippen molar-refractivity contribution in [2.24, 2.45) is 11.8 Å². The van der Waals surface area contributed by atoms with Gasteiger partial charge in [0.15, 0.2) is 0 Å². The molecule has 1 saturated carbocycles. The molecule has 1 aromatic rings. The van der Waals surface area contributed by atoms with Crippen molar-refractivity contribution in [2.75, 3.05) is 11.9 Å². The minimum Gasteiger partial charge on any atom is -0.352 e. The predicted molar refractivity (Wildman–Crippen MR) is 84.8 cm³/mol. The van der Waals surface area contributed by atoms with Crippen LogP contribution in [0.15, 0.2) is 18.2 Å². The molecule has 2 rings (SSSR count). The molecule has 114 valence electrons. The smallest absolute Gasteiger partial charge is 0.272 e. The number of alkyl halides is 1. The first kappa shape index (κ1) is 15.9. The first-order valence-electron chi connectivity index (χ1n) is 7.12. The van der Waals surface area contributed by atoms with Crippen LogP contribution in [0, 0.1) is 28.9 Å². The maximum absolute atomic E-state index is 12.1. The van der Waals surface area contributed by atoms with Crippen LogP contribution in [0.3, 0.4) is 0 Å². The zero-order chi connectivity index (χ0) is 15.4. The highest BCUT2D eigenvalue weighted by Gasteiger charge is 2.26. The number of aryl methyl sites for hydroxylation is 1. The molecular weight excluding hydrogens is 336 g/mol. The molecule has 0 aromatic heterocycles. The van der Waals surface area contributed by atoms with Crippen molar-refractivity contribution in [3.8, 4) is 0 Å². The molecule has 1 amide bonds. The second-order valence-corrected chi connectivity index (χ2v) is 6.22. The SMILES string of the molecule is Cc1cc(C(=O)NCC2CCCC2CBr)ccc1[N+](=O)[O-]. The lowest BCUT2D eigenvalue weighted by Gasteiger charge is -2.17. The number of nitro groups is 1. The van der Waals surface area contributed by atoms with E-state index in [4.69, 9.17) is 0 Å². The summed E-state index contributed by atoms with van der Waals surface area (Å²) in [6, 6.07) is 4.47. The molecule has 1 aromatic carbocycles. The standard InChI is InChI=1S/C15H19BrN2O3/c1-10-7-11(5-6-14(10)18(20)21)15(19)17-9-13-4-2-3-12(13)8-16/h5-7,12-13H,2-4,8-9H2,1H3,(H,17,19). The van der Waals surface area contributed by atoms with Gasteiger partial charge in [0.1, 0.15) is 0 Å². The van der Waals surface area contributed by atoms with E-state index in [2.05, 4.69) is 21.2 Å². The van der Waals surface area contributed by atoms with E-state index in [0.29, 0.717) is 29.5 Å². The van der Waals surface area contributed by atoms with Gasteiger partial charge in [-0.15, -0.1) is 0 Å². The summed E-state index contributed by atoms with van der Waals surface area (Å²) in [5, 5.41) is 14.7. The van der Waals surface area contributed by atoms with Crippen LogP contribution in [0.2, 0.25) is 0 Å². The van der Waals surface area contributed by atoms with Crippen molar-refractivity contribution in [2.45, 2.75) is 26.2 Å². The fourth-order valence-electron chi connectivity index (χ4n) is 2.91. The fourth-order valence-corrected chi connectivity index (χ4v) is 3.77. The van der Waals surface area contributed by atoms with E-state index in [-0.39, 0.29) is 11.6 Å². The van der Waals surface area contributed by atoms with E-state index in [9.17, 15) is 14.9 Å². The van der Waals surface area contributed by atoms with Crippen LogP contribution < -0.4 is 5.32 Å². The number of carbonyl (C=O) groups excluding carboxylic acids is 1. The first-order chi connectivity index (χ1) is 10.0. The van der Waals surface area contributed by atoms with Crippen molar-refractivity contribution in [3.63, 3.8) is 0 Å². The van der Waals surface area contributed by atoms with Crippen LogP contribution in [0.1, 0.15) is 35.2 Å². The molecule has 0 bridgehead atoms. The number of nitrogens with zero attached hydrogens (tertiary/aromatic N) is 1. The number of nitrogens with one attached hydrogen (secondary N) is 1. The fraction of sp³-hybridized carbons (Fsp3) is 0.533. The number of benzene rings is 1. The highest BCUT2D eigenvalue weighted by Crippen LogP contribution is 2.32. The van der Waals surface area contributed by atoms with Crippen molar-refractivity contribution in [1.29, 1.82) is 0 Å². The van der Waals surface area contributed by atoms with Gasteiger partial charge in [-0.1, -0.05) is 22.4 Å². The van der Waals surface area contributed by atoms with Crippen LogP contribution in [0.4, 0.5) is 5.69 Å². The van der Waals surface area contributed by atoms with Gasteiger partial charge in [-0.05, 0) is 43.7 Å². The second kappa shape index (κ2) is 7.02. The van der Waals surface area contributed by atoms with Gasteiger partial charge in [0.05, 0.1) is 4.92 Å². The Balaban J connectivity index is 1.97. The predicted octanol–water partition coefficient (Wildman–Crippen LogP) is 3.44. The normalized spacial score (nSPS) is 21.2. The summed E-state index contributed by atoms with van der Waals surface area (Å²) in [7, 11) is 0. The van der Waals surface area contributed by atoms with Gasteiger partial charge in [-0.3, -0.25) is 14.9 Å². The summed E-state index contributed by atoms with van der Waals surface area (Å²) in [5.74, 6) is 0.990. The van der Waals surface area contributed by atoms with Crippen molar-refractivity contribution in [3.05, 3.63) is 39.4 Å². The number of nitro benzene ring substituents is 1. The quantitative estimate of drug-likeness (QED) is 0.500. The summed E-state index contributed by atoms with van der Waals surface area (Å²) in [4.78, 5) is 22.5. The number of rotatable bonds is 5. The Labute approximate surface area is 132 Å². The first-order valence-corrected chi connectivity index (χ1v) is 8.24. The van der Waals surface area contributed by atoms with Gasteiger partial charge in [0.2, 0.25) is 0 Å². The molecule has 1 fully saturated rings. The summed E-state index contributed by atoms with van der Waals surface area (Å²) in [5.41, 5.74) is 1.03. The van der Waals surface area contributed by atoms with Gasteiger partial charge < -0.3 is 5.32 Å². The molecule has 5 nitrogen and oxygen atoms in total. The Morgan fingerprint density at radius 2 is 2.14 bits per heavy atom. The molecule has 6 heteroatoms. The Kier molecular flexibility index (Phi) is 5.33. The minimum atomic E-state index is -0.434. The van der Waals surface area contributed by atoms with Gasteiger partial charge in [0, 0.05) is 29.1 Å². The number of hydrogen-bond acceptors (Lipinski definition) is 3. The summed E-state index contributed by atoms with van der Waals surface area (Å²) < 4.78 is 0. The molecule has 0 saturated heterocycles. The monoisotopic (exact) mass is 354 g/mol. The van der Waals surface area contributed by atoms with E-state index < -0.39 is 4.92 Å². The summed E-state index contributed by atoms with van der Waals surface area (Å²) in [6.07, 6.45) is 3.58. The molecule has 2 atom stereocenters. The zero-order valence-electron chi connectivity index (χ0n) is 12.0. The molecule has 0 spiro atoms. The third-order valence-corrected chi connectivity index (χ3v) is 5.03. The third-order valence-electron chi connectivity index (χ3n) is 4.20. The van der Waals surface area contributed by atoms with E-state index in [1.165, 1.54) is 25.0 Å². The number of carbonyl (C=O) groups is 1. The second-order valence-electron chi connectivity index (χ2n) is 5.57. The van der Waals surface area contributed by atoms with Crippen LogP contribution in [-0.4, -0.2) is 22.7 Å². The molecule has 2 unspecified atom stereocenters. The Bertz CT molecular complexity index is 548.